The number of amides is 1. The van der Waals surface area contributed by atoms with E-state index in [0.717, 1.165) is 5.01 Å². The van der Waals surface area contributed by atoms with Crippen LogP contribution in [0.15, 0.2) is 41.9 Å². The molecule has 3 nitrogen and oxygen atoms in total. The Kier molecular flexibility index (Phi) is 4.00. The van der Waals surface area contributed by atoms with Crippen LogP contribution < -0.4 is 5.32 Å². The molecular formula is C15H18N2OS. The Labute approximate surface area is 117 Å². The number of aromatic nitrogens is 1. The van der Waals surface area contributed by atoms with Crippen LogP contribution in [0.4, 0.5) is 0 Å². The number of benzene rings is 1. The Bertz CT molecular complexity index is 529. The summed E-state index contributed by atoms with van der Waals surface area (Å²) in [5.74, 6) is -0.0595. The van der Waals surface area contributed by atoms with Gasteiger partial charge in [0, 0.05) is 17.1 Å². The summed E-state index contributed by atoms with van der Waals surface area (Å²) < 4.78 is 0. The lowest BCUT2D eigenvalue weighted by Gasteiger charge is -2.29. The van der Waals surface area contributed by atoms with Gasteiger partial charge in [0.15, 0.2) is 0 Å². The number of nitrogens with zero attached hydrogens (tertiary/aromatic N) is 1. The number of rotatable bonds is 3. The second-order valence-electron chi connectivity index (χ2n) is 5.51. The molecule has 1 atom stereocenters. The van der Waals surface area contributed by atoms with Gasteiger partial charge in [-0.25, -0.2) is 4.98 Å². The zero-order chi connectivity index (χ0) is 13.9. The SMILES string of the molecule is CC(C)(C)C(NC(=O)c1ccccc1)c1nccs1. The highest BCUT2D eigenvalue weighted by Crippen LogP contribution is 2.33. The van der Waals surface area contributed by atoms with Gasteiger partial charge in [0.25, 0.3) is 5.91 Å². The smallest absolute Gasteiger partial charge is 0.251 e. The number of thiazole rings is 1. The monoisotopic (exact) mass is 274 g/mol. The molecule has 0 saturated carbocycles. The minimum absolute atomic E-state index is 0.0595. The highest BCUT2D eigenvalue weighted by atomic mass is 32.1. The molecule has 100 valence electrons. The van der Waals surface area contributed by atoms with Crippen molar-refractivity contribution in [3.05, 3.63) is 52.5 Å². The van der Waals surface area contributed by atoms with E-state index in [-0.39, 0.29) is 17.4 Å². The van der Waals surface area contributed by atoms with Gasteiger partial charge in [0.05, 0.1) is 6.04 Å². The first kappa shape index (κ1) is 13.7. The average molecular weight is 274 g/mol. The van der Waals surface area contributed by atoms with Crippen LogP contribution in [0, 0.1) is 5.41 Å². The van der Waals surface area contributed by atoms with Crippen molar-refractivity contribution in [2.45, 2.75) is 26.8 Å². The van der Waals surface area contributed by atoms with Crippen LogP contribution in [0.25, 0.3) is 0 Å². The summed E-state index contributed by atoms with van der Waals surface area (Å²) in [4.78, 5) is 16.6. The number of hydrogen-bond donors (Lipinski definition) is 1. The van der Waals surface area contributed by atoms with Crippen molar-refractivity contribution in [2.75, 3.05) is 0 Å². The van der Waals surface area contributed by atoms with E-state index in [9.17, 15) is 4.79 Å². The molecule has 0 aliphatic carbocycles. The first-order chi connectivity index (χ1) is 8.98. The van der Waals surface area contributed by atoms with E-state index in [0.29, 0.717) is 5.56 Å². The fraction of sp³-hybridized carbons (Fsp3) is 0.333. The van der Waals surface area contributed by atoms with Gasteiger partial charge >= 0.3 is 0 Å². The van der Waals surface area contributed by atoms with Crippen molar-refractivity contribution in [3.63, 3.8) is 0 Å². The lowest BCUT2D eigenvalue weighted by atomic mass is 9.87. The topological polar surface area (TPSA) is 42.0 Å². The van der Waals surface area contributed by atoms with Crippen LogP contribution in [0.3, 0.4) is 0 Å². The van der Waals surface area contributed by atoms with E-state index >= 15 is 0 Å². The molecule has 0 bridgehead atoms. The van der Waals surface area contributed by atoms with Crippen LogP contribution in [-0.4, -0.2) is 10.9 Å². The zero-order valence-electron chi connectivity index (χ0n) is 11.4. The molecule has 0 aliphatic rings. The van der Waals surface area contributed by atoms with Crippen molar-refractivity contribution in [1.82, 2.24) is 10.3 Å². The molecule has 19 heavy (non-hydrogen) atoms. The Balaban J connectivity index is 2.21. The van der Waals surface area contributed by atoms with Gasteiger partial charge in [0.2, 0.25) is 0 Å². The second-order valence-corrected chi connectivity index (χ2v) is 6.44. The first-order valence-corrected chi connectivity index (χ1v) is 7.12. The molecule has 0 aliphatic heterocycles. The quantitative estimate of drug-likeness (QED) is 0.928. The van der Waals surface area contributed by atoms with Crippen molar-refractivity contribution in [2.24, 2.45) is 5.41 Å². The third-order valence-corrected chi connectivity index (χ3v) is 3.72. The van der Waals surface area contributed by atoms with Crippen LogP contribution in [0.5, 0.6) is 0 Å². The van der Waals surface area contributed by atoms with Gasteiger partial charge in [0.1, 0.15) is 5.01 Å². The van der Waals surface area contributed by atoms with Gasteiger partial charge in [-0.3, -0.25) is 4.79 Å². The van der Waals surface area contributed by atoms with Crippen LogP contribution in [0.2, 0.25) is 0 Å². The highest BCUT2D eigenvalue weighted by molar-refractivity contribution is 7.09. The van der Waals surface area contributed by atoms with Crippen molar-refractivity contribution in [3.8, 4) is 0 Å². The average Bonchev–Trinajstić information content (AvgIpc) is 2.88. The number of carbonyl (C=O) groups excluding carboxylic acids is 1. The third-order valence-electron chi connectivity index (χ3n) is 2.88. The Morgan fingerprint density at radius 2 is 1.95 bits per heavy atom. The minimum Gasteiger partial charge on any atom is -0.342 e. The first-order valence-electron chi connectivity index (χ1n) is 6.24. The summed E-state index contributed by atoms with van der Waals surface area (Å²) in [6.07, 6.45) is 1.77. The molecule has 1 aromatic carbocycles. The molecule has 0 radical (unpaired) electrons. The summed E-state index contributed by atoms with van der Waals surface area (Å²) in [5.41, 5.74) is 0.593. The largest absolute Gasteiger partial charge is 0.342 e. The summed E-state index contributed by atoms with van der Waals surface area (Å²) >= 11 is 1.57. The van der Waals surface area contributed by atoms with Crippen molar-refractivity contribution < 1.29 is 4.79 Å². The standard InChI is InChI=1S/C15H18N2OS/c1-15(2,3)12(14-16-9-10-19-14)17-13(18)11-7-5-4-6-8-11/h4-10,12H,1-3H3,(H,17,18). The third kappa shape index (κ3) is 3.41. The Hall–Kier alpha value is -1.68. The maximum atomic E-state index is 12.3. The number of hydrogen-bond acceptors (Lipinski definition) is 3. The fourth-order valence-corrected chi connectivity index (χ4v) is 2.76. The highest BCUT2D eigenvalue weighted by Gasteiger charge is 2.30. The molecule has 2 rings (SSSR count). The molecule has 1 unspecified atom stereocenters. The molecule has 4 heteroatoms. The summed E-state index contributed by atoms with van der Waals surface area (Å²) in [5, 5.41) is 5.96. The normalized spacial score (nSPS) is 13.0. The summed E-state index contributed by atoms with van der Waals surface area (Å²) in [6, 6.07) is 9.18. The Morgan fingerprint density at radius 1 is 1.26 bits per heavy atom. The van der Waals surface area contributed by atoms with Gasteiger partial charge in [-0.2, -0.15) is 0 Å². The van der Waals surface area contributed by atoms with E-state index in [1.54, 1.807) is 17.5 Å². The maximum absolute atomic E-state index is 12.3. The molecule has 1 N–H and O–H groups in total. The van der Waals surface area contributed by atoms with Crippen LogP contribution in [-0.2, 0) is 0 Å². The molecule has 1 heterocycles. The predicted octanol–water partition coefficient (Wildman–Crippen LogP) is 3.66. The van der Waals surface area contributed by atoms with Gasteiger partial charge < -0.3 is 5.32 Å². The van der Waals surface area contributed by atoms with Gasteiger partial charge in [-0.05, 0) is 17.5 Å². The number of carbonyl (C=O) groups is 1. The molecule has 0 saturated heterocycles. The zero-order valence-corrected chi connectivity index (χ0v) is 12.2. The molecule has 0 spiro atoms. The fourth-order valence-electron chi connectivity index (χ4n) is 1.83. The van der Waals surface area contributed by atoms with Crippen LogP contribution >= 0.6 is 11.3 Å². The minimum atomic E-state index is -0.0831. The lowest BCUT2D eigenvalue weighted by molar-refractivity contribution is 0.0901. The van der Waals surface area contributed by atoms with Gasteiger partial charge in [-0.15, -0.1) is 11.3 Å². The van der Waals surface area contributed by atoms with E-state index in [1.165, 1.54) is 0 Å². The van der Waals surface area contributed by atoms with Crippen LogP contribution in [0.1, 0.15) is 42.2 Å². The van der Waals surface area contributed by atoms with Crippen molar-refractivity contribution in [1.29, 1.82) is 0 Å². The van der Waals surface area contributed by atoms with E-state index in [2.05, 4.69) is 31.1 Å². The maximum Gasteiger partial charge on any atom is 0.251 e. The second kappa shape index (κ2) is 5.53. The Morgan fingerprint density at radius 3 is 2.47 bits per heavy atom. The van der Waals surface area contributed by atoms with E-state index < -0.39 is 0 Å². The molecule has 2 aromatic rings. The molecule has 0 fully saturated rings. The van der Waals surface area contributed by atoms with E-state index in [1.807, 2.05) is 35.7 Å². The predicted molar refractivity (Wildman–Crippen MR) is 78.2 cm³/mol. The summed E-state index contributed by atoms with van der Waals surface area (Å²) in [7, 11) is 0. The van der Waals surface area contributed by atoms with E-state index in [4.69, 9.17) is 0 Å². The molecular weight excluding hydrogens is 256 g/mol. The molecule has 1 amide bonds. The van der Waals surface area contributed by atoms with Gasteiger partial charge in [-0.1, -0.05) is 39.0 Å². The van der Waals surface area contributed by atoms with Crippen molar-refractivity contribution >= 4 is 17.2 Å². The lowest BCUT2D eigenvalue weighted by Crippen LogP contribution is -2.36. The summed E-state index contributed by atoms with van der Waals surface area (Å²) in [6.45, 7) is 6.30. The molecule has 1 aromatic heterocycles. The number of nitrogens with one attached hydrogen (secondary N) is 1.